The predicted octanol–water partition coefficient (Wildman–Crippen LogP) is 1.60. The van der Waals surface area contributed by atoms with E-state index in [2.05, 4.69) is 10.4 Å². The van der Waals surface area contributed by atoms with Crippen molar-refractivity contribution in [3.8, 4) is 11.5 Å². The number of amides is 1. The van der Waals surface area contributed by atoms with Crippen LogP contribution in [0.3, 0.4) is 0 Å². The van der Waals surface area contributed by atoms with Crippen molar-refractivity contribution >= 4 is 5.91 Å². The van der Waals surface area contributed by atoms with Gasteiger partial charge in [0.25, 0.3) is 5.91 Å². The first-order valence-electron chi connectivity index (χ1n) is 8.79. The second-order valence-corrected chi connectivity index (χ2v) is 6.46. The minimum atomic E-state index is -0.0768. The minimum Gasteiger partial charge on any atom is -0.496 e. The smallest absolute Gasteiger partial charge is 0.261 e. The van der Waals surface area contributed by atoms with Crippen LogP contribution >= 0.6 is 0 Å². The molecule has 1 aliphatic rings. The summed E-state index contributed by atoms with van der Waals surface area (Å²) in [4.78, 5) is 14.8. The van der Waals surface area contributed by atoms with Gasteiger partial charge in [-0.15, -0.1) is 0 Å². The number of nitrogens with one attached hydrogen (secondary N) is 1. The van der Waals surface area contributed by atoms with E-state index < -0.39 is 0 Å². The summed E-state index contributed by atoms with van der Waals surface area (Å²) in [6, 6.07) is 7.75. The number of hydrogen-bond donors (Lipinski definition) is 1. The molecule has 0 bridgehead atoms. The van der Waals surface area contributed by atoms with E-state index in [1.807, 2.05) is 50.1 Å². The Balaban J connectivity index is 1.76. The van der Waals surface area contributed by atoms with E-state index in [4.69, 9.17) is 9.47 Å². The summed E-state index contributed by atoms with van der Waals surface area (Å²) in [5, 5.41) is 7.69. The Morgan fingerprint density at radius 3 is 2.81 bits per heavy atom. The Kier molecular flexibility index (Phi) is 5.46. The molecule has 0 spiro atoms. The zero-order chi connectivity index (χ0) is 18.7. The molecule has 140 valence electrons. The van der Waals surface area contributed by atoms with Gasteiger partial charge in [-0.2, -0.15) is 5.10 Å². The highest BCUT2D eigenvalue weighted by Crippen LogP contribution is 2.30. The van der Waals surface area contributed by atoms with E-state index in [1.165, 1.54) is 0 Å². The van der Waals surface area contributed by atoms with Crippen LogP contribution < -0.4 is 14.8 Å². The third kappa shape index (κ3) is 3.53. The third-order valence-corrected chi connectivity index (χ3v) is 4.84. The molecule has 7 nitrogen and oxygen atoms in total. The lowest BCUT2D eigenvalue weighted by Crippen LogP contribution is -2.50. The van der Waals surface area contributed by atoms with Crippen molar-refractivity contribution in [1.29, 1.82) is 0 Å². The molecular weight excluding hydrogens is 332 g/mol. The summed E-state index contributed by atoms with van der Waals surface area (Å²) in [5.41, 5.74) is 2.71. The van der Waals surface area contributed by atoms with Crippen LogP contribution in [0.5, 0.6) is 11.5 Å². The van der Waals surface area contributed by atoms with Gasteiger partial charge in [-0.25, -0.2) is 0 Å². The first-order valence-corrected chi connectivity index (χ1v) is 8.79. The Bertz CT molecular complexity index is 787. The molecule has 7 heteroatoms. The van der Waals surface area contributed by atoms with Crippen molar-refractivity contribution in [3.63, 3.8) is 0 Å². The fraction of sp³-hybridized carbons (Fsp3) is 0.474. The number of ether oxygens (including phenoxy) is 2. The van der Waals surface area contributed by atoms with Gasteiger partial charge in [-0.1, -0.05) is 18.2 Å². The van der Waals surface area contributed by atoms with E-state index in [9.17, 15) is 4.79 Å². The monoisotopic (exact) mass is 358 g/mol. The maximum absolute atomic E-state index is 12.9. The lowest BCUT2D eigenvalue weighted by Gasteiger charge is -2.37. The number of aromatic nitrogens is 2. The molecule has 2 heterocycles. The number of carbonyl (C=O) groups is 1. The molecule has 2 aromatic rings. The quantitative estimate of drug-likeness (QED) is 0.879. The summed E-state index contributed by atoms with van der Waals surface area (Å²) < 4.78 is 13.1. The Hall–Kier alpha value is -2.54. The number of benzene rings is 1. The zero-order valence-corrected chi connectivity index (χ0v) is 15.8. The Labute approximate surface area is 153 Å². The van der Waals surface area contributed by atoms with Crippen LogP contribution in [0.25, 0.3) is 0 Å². The average Bonchev–Trinajstić information content (AvgIpc) is 2.91. The van der Waals surface area contributed by atoms with E-state index >= 15 is 0 Å². The van der Waals surface area contributed by atoms with Crippen LogP contribution in [0, 0.1) is 13.8 Å². The molecule has 1 fully saturated rings. The van der Waals surface area contributed by atoms with Crippen molar-refractivity contribution < 1.29 is 14.3 Å². The normalized spacial score (nSPS) is 17.2. The highest BCUT2D eigenvalue weighted by atomic mass is 16.5. The van der Waals surface area contributed by atoms with Gasteiger partial charge in [-0.3, -0.25) is 9.48 Å². The van der Waals surface area contributed by atoms with Crippen LogP contribution in [0.15, 0.2) is 24.3 Å². The molecule has 1 saturated heterocycles. The Morgan fingerprint density at radius 1 is 1.35 bits per heavy atom. The number of piperazine rings is 1. The highest BCUT2D eigenvalue weighted by molar-refractivity contribution is 5.78. The third-order valence-electron chi connectivity index (χ3n) is 4.84. The first-order chi connectivity index (χ1) is 12.5. The molecule has 0 radical (unpaired) electrons. The molecule has 0 aliphatic carbocycles. The van der Waals surface area contributed by atoms with Crippen LogP contribution in [0.2, 0.25) is 0 Å². The molecule has 1 aliphatic heterocycles. The van der Waals surface area contributed by atoms with Crippen LogP contribution in [-0.4, -0.2) is 53.9 Å². The summed E-state index contributed by atoms with van der Waals surface area (Å²) in [6.45, 7) is 5.91. The van der Waals surface area contributed by atoms with E-state index in [1.54, 1.807) is 11.8 Å². The first kappa shape index (κ1) is 18.3. The maximum atomic E-state index is 12.9. The van der Waals surface area contributed by atoms with Crippen LogP contribution in [0.4, 0.5) is 0 Å². The van der Waals surface area contributed by atoms with Crippen LogP contribution in [0.1, 0.15) is 23.0 Å². The predicted molar refractivity (Wildman–Crippen MR) is 98.5 cm³/mol. The summed E-state index contributed by atoms with van der Waals surface area (Å²) >= 11 is 0. The largest absolute Gasteiger partial charge is 0.496 e. The number of para-hydroxylation sites is 1. The van der Waals surface area contributed by atoms with Gasteiger partial charge in [0.05, 0.1) is 18.8 Å². The lowest BCUT2D eigenvalue weighted by atomic mass is 10.0. The molecule has 1 unspecified atom stereocenters. The van der Waals surface area contributed by atoms with Gasteiger partial charge in [0.1, 0.15) is 11.4 Å². The fourth-order valence-corrected chi connectivity index (χ4v) is 3.40. The molecule has 3 rings (SSSR count). The molecule has 1 atom stereocenters. The number of aryl methyl sites for hydroxylation is 2. The zero-order valence-electron chi connectivity index (χ0n) is 15.8. The SMILES string of the molecule is COc1ccccc1C1CNCCN1C(=O)COc1c(C)nn(C)c1C. The highest BCUT2D eigenvalue weighted by Gasteiger charge is 2.30. The number of rotatable bonds is 5. The van der Waals surface area contributed by atoms with Gasteiger partial charge >= 0.3 is 0 Å². The van der Waals surface area contributed by atoms with Gasteiger partial charge in [-0.05, 0) is 19.9 Å². The standard InChI is InChI=1S/C19H26N4O3/c1-13-19(14(2)22(3)21-13)26-12-18(24)23-10-9-20-11-16(23)15-7-5-6-8-17(15)25-4/h5-8,16,20H,9-12H2,1-4H3. The van der Waals surface area contributed by atoms with Crippen molar-refractivity contribution in [1.82, 2.24) is 20.0 Å². The number of nitrogens with zero attached hydrogens (tertiary/aromatic N) is 3. The lowest BCUT2D eigenvalue weighted by molar-refractivity contribution is -0.136. The summed E-state index contributed by atoms with van der Waals surface area (Å²) in [7, 11) is 3.52. The second kappa shape index (κ2) is 7.78. The van der Waals surface area contributed by atoms with Gasteiger partial charge in [0.2, 0.25) is 0 Å². The number of carbonyl (C=O) groups excluding carboxylic acids is 1. The number of methoxy groups -OCH3 is 1. The van der Waals surface area contributed by atoms with Crippen molar-refractivity contribution in [2.75, 3.05) is 33.4 Å². The summed E-state index contributed by atoms with van der Waals surface area (Å²) in [5.74, 6) is 1.44. The Morgan fingerprint density at radius 2 is 2.12 bits per heavy atom. The van der Waals surface area contributed by atoms with Crippen molar-refractivity contribution in [2.24, 2.45) is 7.05 Å². The minimum absolute atomic E-state index is 0.000970. The van der Waals surface area contributed by atoms with Gasteiger partial charge in [0.15, 0.2) is 12.4 Å². The second-order valence-electron chi connectivity index (χ2n) is 6.46. The molecule has 1 N–H and O–H groups in total. The van der Waals surface area contributed by atoms with Crippen LogP contribution in [-0.2, 0) is 11.8 Å². The van der Waals surface area contributed by atoms with Gasteiger partial charge < -0.3 is 19.7 Å². The topological polar surface area (TPSA) is 68.6 Å². The maximum Gasteiger partial charge on any atom is 0.261 e. The molecule has 1 aromatic carbocycles. The van der Waals surface area contributed by atoms with Crippen molar-refractivity contribution in [3.05, 3.63) is 41.2 Å². The number of hydrogen-bond acceptors (Lipinski definition) is 5. The molecular formula is C19H26N4O3. The summed E-state index contributed by atoms with van der Waals surface area (Å²) in [6.07, 6.45) is 0. The fourth-order valence-electron chi connectivity index (χ4n) is 3.40. The van der Waals surface area contributed by atoms with E-state index in [0.717, 1.165) is 29.2 Å². The average molecular weight is 358 g/mol. The van der Waals surface area contributed by atoms with Crippen molar-refractivity contribution in [2.45, 2.75) is 19.9 Å². The van der Waals surface area contributed by atoms with E-state index in [0.29, 0.717) is 18.8 Å². The molecule has 1 amide bonds. The molecule has 26 heavy (non-hydrogen) atoms. The molecule has 0 saturated carbocycles. The van der Waals surface area contributed by atoms with E-state index in [-0.39, 0.29) is 18.6 Å². The van der Waals surface area contributed by atoms with Gasteiger partial charge in [0, 0.05) is 32.2 Å². The molecule has 1 aromatic heterocycles.